The molecule has 1 saturated heterocycles. The minimum atomic E-state index is 0. The Bertz CT molecular complexity index is 95.0. The van der Waals surface area contributed by atoms with Gasteiger partial charge in [-0.3, -0.25) is 0 Å². The number of carbonyl (C=O) groups is 1. The predicted molar refractivity (Wildman–Crippen MR) is 63.1 cm³/mol. The van der Waals surface area contributed by atoms with Crippen LogP contribution in [0.2, 0.25) is 0 Å². The number of carbonyl (C=O) groups excluding carboxylic acids is 1. The first-order valence-corrected chi connectivity index (χ1v) is 5.40. The Kier molecular flexibility index (Phi) is 20.2. The fraction of sp³-hybridized carbons (Fsp3) is 0.800. The van der Waals surface area contributed by atoms with E-state index in [4.69, 9.17) is 4.79 Å². The van der Waals surface area contributed by atoms with Crippen LogP contribution in [0.4, 0.5) is 0 Å². The second kappa shape index (κ2) is 17.5. The van der Waals surface area contributed by atoms with Gasteiger partial charge in [0.1, 0.15) is 0 Å². The molecule has 0 spiro atoms. The van der Waals surface area contributed by atoms with Gasteiger partial charge in [0.25, 0.3) is 0 Å². The molecule has 0 aliphatic carbocycles. The van der Waals surface area contributed by atoms with E-state index < -0.39 is 0 Å². The summed E-state index contributed by atoms with van der Waals surface area (Å²) in [6, 6.07) is 0. The van der Waals surface area contributed by atoms with Crippen LogP contribution in [0.15, 0.2) is 0 Å². The van der Waals surface area contributed by atoms with Crippen molar-refractivity contribution in [2.24, 2.45) is 0 Å². The van der Waals surface area contributed by atoms with Gasteiger partial charge in [-0.2, -0.15) is 0 Å². The van der Waals surface area contributed by atoms with Crippen LogP contribution in [0.5, 0.6) is 0 Å². The van der Waals surface area contributed by atoms with Crippen LogP contribution in [-0.2, 0) is 26.5 Å². The minimum absolute atomic E-state index is 0. The van der Waals surface area contributed by atoms with Crippen LogP contribution in [0.25, 0.3) is 5.32 Å². The summed E-state index contributed by atoms with van der Waals surface area (Å²) in [5.74, 6) is 0. The van der Waals surface area contributed by atoms with Gasteiger partial charge in [0, 0.05) is 26.2 Å². The number of hydrogen-bond donors (Lipinski definition) is 3. The summed E-state index contributed by atoms with van der Waals surface area (Å²) in [5.41, 5.74) is 0. The average Bonchev–Trinajstić information content (AvgIpc) is 2.19. The van der Waals surface area contributed by atoms with Crippen LogP contribution < -0.4 is 16.0 Å². The van der Waals surface area contributed by atoms with Crippen molar-refractivity contribution in [3.05, 3.63) is 12.2 Å². The van der Waals surface area contributed by atoms with Gasteiger partial charge in [0.05, 0.1) is 0 Å². The second-order valence-corrected chi connectivity index (χ2v) is 3.09. The van der Waals surface area contributed by atoms with Crippen molar-refractivity contribution < 1.29 is 26.5 Å². The molecule has 3 N–H and O–H groups in total. The van der Waals surface area contributed by atoms with E-state index in [-0.39, 0.29) is 21.7 Å². The number of hydrogen-bond acceptors (Lipinski definition) is 4. The molecular weight excluding hydrogens is 240 g/mol. The van der Waals surface area contributed by atoms with Crippen LogP contribution in [0.1, 0.15) is 0 Å². The van der Waals surface area contributed by atoms with Gasteiger partial charge in [-0.25, -0.2) is 0 Å². The van der Waals surface area contributed by atoms with Crippen molar-refractivity contribution in [2.75, 3.05) is 52.4 Å². The van der Waals surface area contributed by atoms with E-state index in [9.17, 15) is 0 Å². The van der Waals surface area contributed by atoms with Crippen molar-refractivity contribution in [1.29, 1.82) is 0 Å². The third-order valence-electron chi connectivity index (χ3n) is 1.85. The van der Waals surface area contributed by atoms with Crippen LogP contribution in [-0.4, -0.2) is 58.6 Å². The first kappa shape index (κ1) is 18.5. The first-order valence-electron chi connectivity index (χ1n) is 5.40. The molecule has 1 aliphatic heterocycles. The second-order valence-electron chi connectivity index (χ2n) is 3.09. The molecule has 1 heterocycles. The number of aldehydes is 1. The number of nitrogens with one attached hydrogen (secondary N) is 3. The summed E-state index contributed by atoms with van der Waals surface area (Å²) < 4.78 is 0. The van der Waals surface area contributed by atoms with Crippen molar-refractivity contribution in [2.45, 2.75) is 0 Å². The third-order valence-corrected chi connectivity index (χ3v) is 1.85. The number of rotatable bonds is 0. The summed E-state index contributed by atoms with van der Waals surface area (Å²) in [4.78, 5) is 8.69. The van der Waals surface area contributed by atoms with E-state index in [0.29, 0.717) is 6.29 Å². The quantitative estimate of drug-likeness (QED) is 0.302. The van der Waals surface area contributed by atoms with Gasteiger partial charge in [-0.15, -0.1) is 13.1 Å². The van der Waals surface area contributed by atoms with E-state index in [1.54, 1.807) is 0 Å². The molecule has 0 saturated carbocycles. The summed E-state index contributed by atoms with van der Waals surface area (Å²) in [6.07, 6.45) is 0.500. The van der Waals surface area contributed by atoms with E-state index in [1.807, 2.05) is 0 Å². The maximum Gasteiger partial charge on any atom is 2.00 e. The van der Waals surface area contributed by atoms with E-state index in [0.717, 1.165) is 52.4 Å². The molecule has 0 amide bonds. The molecule has 0 aromatic heterocycles. The molecule has 5 nitrogen and oxygen atoms in total. The van der Waals surface area contributed by atoms with Crippen molar-refractivity contribution in [1.82, 2.24) is 16.0 Å². The molecule has 0 atom stereocenters. The molecule has 1 rings (SSSR count). The minimum Gasteiger partial charge on any atom is -0.660 e. The molecule has 16 heavy (non-hydrogen) atoms. The maximum atomic E-state index is 8.69. The van der Waals surface area contributed by atoms with E-state index >= 15 is 0 Å². The molecule has 0 radical (unpaired) electrons. The van der Waals surface area contributed by atoms with Gasteiger partial charge in [-0.05, 0) is 19.4 Å². The Morgan fingerprint density at radius 3 is 1.56 bits per heavy atom. The Morgan fingerprint density at radius 1 is 0.875 bits per heavy atom. The smallest absolute Gasteiger partial charge is 0.660 e. The zero-order valence-corrected chi connectivity index (χ0v) is 11.4. The van der Waals surface area contributed by atoms with Gasteiger partial charge in [0.15, 0.2) is 0 Å². The third kappa shape index (κ3) is 16.5. The molecule has 0 aromatic carbocycles. The molecule has 92 valence electrons. The molecule has 0 unspecified atom stereocenters. The largest absolute Gasteiger partial charge is 2.00 e. The van der Waals surface area contributed by atoms with E-state index in [1.165, 1.54) is 0 Å². The zero-order valence-electron chi connectivity index (χ0n) is 9.80. The summed E-state index contributed by atoms with van der Waals surface area (Å²) in [7, 11) is 0. The van der Waals surface area contributed by atoms with E-state index in [2.05, 4.69) is 28.2 Å². The van der Waals surface area contributed by atoms with Gasteiger partial charge in [-0.1, -0.05) is 0 Å². The zero-order chi connectivity index (χ0) is 11.2. The van der Waals surface area contributed by atoms with Crippen LogP contribution in [0.3, 0.4) is 0 Å². The Morgan fingerprint density at radius 2 is 1.19 bits per heavy atom. The van der Waals surface area contributed by atoms with Crippen molar-refractivity contribution in [3.8, 4) is 0 Å². The Balaban J connectivity index is 0. The summed E-state index contributed by atoms with van der Waals surface area (Å²) in [5, 5.41) is 14.4. The molecule has 1 fully saturated rings. The Labute approximate surface area is 113 Å². The van der Waals surface area contributed by atoms with Gasteiger partial charge in [0.2, 0.25) is 0 Å². The standard InChI is InChI=1S/C8H19N4.C2H3O.Ti/c1-2-10-5-6-12-8-7-11-4-3-9-1;1-2-3;/h9-11H,1-8H2;2H,1H2;/q2*-1;+2. The maximum absolute atomic E-state index is 8.69. The normalized spacial score (nSPS) is 18.8. The van der Waals surface area contributed by atoms with Gasteiger partial charge >= 0.3 is 21.7 Å². The molecule has 1 aliphatic rings. The predicted octanol–water partition coefficient (Wildman–Crippen LogP) is -0.841. The van der Waals surface area contributed by atoms with Crippen LogP contribution in [0, 0.1) is 6.92 Å². The fourth-order valence-corrected chi connectivity index (χ4v) is 1.16. The monoisotopic (exact) mass is 262 g/mol. The number of nitrogens with zero attached hydrogens (tertiary/aromatic N) is 1. The molecule has 0 aromatic rings. The summed E-state index contributed by atoms with van der Waals surface area (Å²) in [6.45, 7) is 10.9. The van der Waals surface area contributed by atoms with Crippen molar-refractivity contribution in [3.63, 3.8) is 0 Å². The fourth-order valence-electron chi connectivity index (χ4n) is 1.16. The van der Waals surface area contributed by atoms with Gasteiger partial charge < -0.3 is 33.0 Å². The SMILES string of the molecule is C1CNCCNCCNCC[N-]1.[CH2-]C=O.[Ti+2]. The molecule has 0 bridgehead atoms. The average molecular weight is 262 g/mol. The Hall–Kier alpha value is 0.0943. The molecule has 6 heteroatoms. The van der Waals surface area contributed by atoms with Crippen LogP contribution >= 0.6 is 0 Å². The first-order chi connectivity index (χ1) is 7.41. The molecular formula is C10H22N4OTi. The topological polar surface area (TPSA) is 67.3 Å². The summed E-state index contributed by atoms with van der Waals surface area (Å²) >= 11 is 0. The van der Waals surface area contributed by atoms with Crippen molar-refractivity contribution >= 4 is 6.29 Å².